The first-order valence-corrected chi connectivity index (χ1v) is 6.38. The second-order valence-corrected chi connectivity index (χ2v) is 4.50. The van der Waals surface area contributed by atoms with Crippen molar-refractivity contribution in [1.29, 1.82) is 0 Å². The summed E-state index contributed by atoms with van der Waals surface area (Å²) in [6.45, 7) is 2.67. The highest BCUT2D eigenvalue weighted by Crippen LogP contribution is 2.34. The molecule has 2 aromatic rings. The maximum absolute atomic E-state index is 6.04. The van der Waals surface area contributed by atoms with Gasteiger partial charge in [0.1, 0.15) is 5.75 Å². The monoisotopic (exact) mass is 277 g/mol. The Balaban J connectivity index is 2.42. The van der Waals surface area contributed by atoms with Crippen molar-refractivity contribution in [2.45, 2.75) is 19.4 Å². The van der Waals surface area contributed by atoms with Crippen molar-refractivity contribution in [2.75, 3.05) is 26.6 Å². The first-order chi connectivity index (χ1) is 9.69. The summed E-state index contributed by atoms with van der Waals surface area (Å²) in [5.41, 5.74) is 7.34. The first kappa shape index (κ1) is 14.3. The van der Waals surface area contributed by atoms with Crippen LogP contribution >= 0.6 is 0 Å². The smallest absolute Gasteiger partial charge is 0.188 e. The average Bonchev–Trinajstić information content (AvgIpc) is 2.93. The van der Waals surface area contributed by atoms with Crippen LogP contribution in [0.4, 0.5) is 5.69 Å². The molecule has 1 unspecified atom stereocenters. The molecule has 0 aliphatic rings. The van der Waals surface area contributed by atoms with Crippen LogP contribution in [-0.2, 0) is 4.74 Å². The van der Waals surface area contributed by atoms with Crippen molar-refractivity contribution in [3.63, 3.8) is 0 Å². The van der Waals surface area contributed by atoms with Gasteiger partial charge in [0.05, 0.1) is 18.7 Å². The lowest BCUT2D eigenvalue weighted by molar-refractivity contribution is 0.178. The minimum atomic E-state index is 0.101. The molecule has 7 heteroatoms. The summed E-state index contributed by atoms with van der Waals surface area (Å²) in [5, 5.41) is 11.9. The minimum Gasteiger partial charge on any atom is -0.496 e. The molecular formula is C13H19N5O2. The molecule has 2 N–H and O–H groups in total. The zero-order valence-corrected chi connectivity index (χ0v) is 11.9. The second kappa shape index (κ2) is 6.33. The largest absolute Gasteiger partial charge is 0.496 e. The number of tetrazole rings is 1. The van der Waals surface area contributed by atoms with Gasteiger partial charge in [-0.05, 0) is 35.9 Å². The molecule has 0 spiro atoms. The summed E-state index contributed by atoms with van der Waals surface area (Å²) >= 11 is 0. The van der Waals surface area contributed by atoms with E-state index in [-0.39, 0.29) is 6.04 Å². The van der Waals surface area contributed by atoms with Gasteiger partial charge < -0.3 is 15.2 Å². The summed E-state index contributed by atoms with van der Waals surface area (Å²) in [4.78, 5) is 0. The van der Waals surface area contributed by atoms with Crippen LogP contribution in [0.5, 0.6) is 5.75 Å². The number of nitrogens with two attached hydrogens (primary N) is 1. The van der Waals surface area contributed by atoms with Gasteiger partial charge >= 0.3 is 0 Å². The van der Waals surface area contributed by atoms with Crippen LogP contribution in [0.15, 0.2) is 18.2 Å². The van der Waals surface area contributed by atoms with Crippen LogP contribution < -0.4 is 10.5 Å². The second-order valence-electron chi connectivity index (χ2n) is 4.50. The lowest BCUT2D eigenvalue weighted by atomic mass is 10.1. The zero-order chi connectivity index (χ0) is 14.5. The Hall–Kier alpha value is -2.15. The van der Waals surface area contributed by atoms with E-state index in [0.717, 1.165) is 6.42 Å². The third-order valence-electron chi connectivity index (χ3n) is 3.15. The molecular weight excluding hydrogens is 258 g/mol. The molecule has 1 aromatic heterocycles. The topological polar surface area (TPSA) is 88.1 Å². The number of aromatic nitrogens is 4. The molecule has 0 aliphatic heterocycles. The van der Waals surface area contributed by atoms with Crippen molar-refractivity contribution in [3.05, 3.63) is 18.2 Å². The van der Waals surface area contributed by atoms with Crippen molar-refractivity contribution < 1.29 is 9.47 Å². The molecule has 20 heavy (non-hydrogen) atoms. The zero-order valence-electron chi connectivity index (χ0n) is 11.9. The number of ether oxygens (including phenoxy) is 2. The van der Waals surface area contributed by atoms with Gasteiger partial charge in [-0.25, -0.2) is 4.68 Å². The van der Waals surface area contributed by atoms with Gasteiger partial charge in [-0.3, -0.25) is 0 Å². The number of nitrogen functional groups attached to an aromatic ring is 1. The molecule has 2 rings (SSSR count). The summed E-state index contributed by atoms with van der Waals surface area (Å²) in [6, 6.07) is 5.57. The number of rotatable bonds is 6. The Kier molecular flexibility index (Phi) is 4.52. The van der Waals surface area contributed by atoms with E-state index >= 15 is 0 Å². The molecule has 1 heterocycles. The van der Waals surface area contributed by atoms with Gasteiger partial charge in [0.15, 0.2) is 5.82 Å². The standard InChI is InChI=1S/C13H19N5O2/c1-9(7-8-19-2)18-13(15-16-17-18)12-10(14)5-4-6-11(12)20-3/h4-6,9H,7-8,14H2,1-3H3. The highest BCUT2D eigenvalue weighted by molar-refractivity contribution is 5.77. The van der Waals surface area contributed by atoms with Crippen LogP contribution in [0.25, 0.3) is 11.4 Å². The Morgan fingerprint density at radius 2 is 2.15 bits per heavy atom. The average molecular weight is 277 g/mol. The third-order valence-corrected chi connectivity index (χ3v) is 3.15. The van der Waals surface area contributed by atoms with E-state index in [4.69, 9.17) is 15.2 Å². The molecule has 0 amide bonds. The van der Waals surface area contributed by atoms with Crippen molar-refractivity contribution in [2.24, 2.45) is 0 Å². The number of hydrogen-bond acceptors (Lipinski definition) is 6. The molecule has 1 atom stereocenters. The highest BCUT2D eigenvalue weighted by Gasteiger charge is 2.20. The number of methoxy groups -OCH3 is 2. The minimum absolute atomic E-state index is 0.101. The molecule has 0 saturated heterocycles. The van der Waals surface area contributed by atoms with Gasteiger partial charge in [0, 0.05) is 19.4 Å². The maximum atomic E-state index is 6.04. The predicted molar refractivity (Wildman–Crippen MR) is 75.4 cm³/mol. The molecule has 0 aliphatic carbocycles. The summed E-state index contributed by atoms with van der Waals surface area (Å²) in [7, 11) is 3.27. The van der Waals surface area contributed by atoms with E-state index in [9.17, 15) is 0 Å². The molecule has 1 aromatic carbocycles. The van der Waals surface area contributed by atoms with Crippen LogP contribution in [0, 0.1) is 0 Å². The SMILES string of the molecule is COCCC(C)n1nnnc1-c1c(N)cccc1OC. The summed E-state index contributed by atoms with van der Waals surface area (Å²) in [6.07, 6.45) is 0.809. The molecule has 0 bridgehead atoms. The fourth-order valence-electron chi connectivity index (χ4n) is 2.02. The van der Waals surface area contributed by atoms with E-state index < -0.39 is 0 Å². The lowest BCUT2D eigenvalue weighted by Crippen LogP contribution is -2.12. The highest BCUT2D eigenvalue weighted by atomic mass is 16.5. The van der Waals surface area contributed by atoms with E-state index in [1.807, 2.05) is 19.1 Å². The van der Waals surface area contributed by atoms with E-state index in [2.05, 4.69) is 15.5 Å². The van der Waals surface area contributed by atoms with Gasteiger partial charge in [-0.1, -0.05) is 6.07 Å². The van der Waals surface area contributed by atoms with Crippen LogP contribution in [-0.4, -0.2) is 41.0 Å². The Bertz CT molecular complexity index is 570. The Morgan fingerprint density at radius 3 is 2.85 bits per heavy atom. The van der Waals surface area contributed by atoms with Crippen molar-refractivity contribution in [3.8, 4) is 17.1 Å². The van der Waals surface area contributed by atoms with E-state index in [1.165, 1.54) is 0 Å². The van der Waals surface area contributed by atoms with Gasteiger partial charge in [-0.2, -0.15) is 0 Å². The quantitative estimate of drug-likeness (QED) is 0.805. The fraction of sp³-hybridized carbons (Fsp3) is 0.462. The molecule has 0 fully saturated rings. The van der Waals surface area contributed by atoms with Crippen LogP contribution in [0.2, 0.25) is 0 Å². The number of anilines is 1. The number of benzene rings is 1. The van der Waals surface area contributed by atoms with Gasteiger partial charge in [0.2, 0.25) is 0 Å². The first-order valence-electron chi connectivity index (χ1n) is 6.38. The lowest BCUT2D eigenvalue weighted by Gasteiger charge is -2.15. The fourth-order valence-corrected chi connectivity index (χ4v) is 2.02. The molecule has 108 valence electrons. The Labute approximate surface area is 117 Å². The number of hydrogen-bond donors (Lipinski definition) is 1. The van der Waals surface area contributed by atoms with Crippen LogP contribution in [0.1, 0.15) is 19.4 Å². The van der Waals surface area contributed by atoms with Gasteiger partial charge in [-0.15, -0.1) is 5.10 Å². The Morgan fingerprint density at radius 1 is 1.35 bits per heavy atom. The summed E-state index contributed by atoms with van der Waals surface area (Å²) in [5.74, 6) is 1.25. The van der Waals surface area contributed by atoms with Crippen molar-refractivity contribution in [1.82, 2.24) is 20.2 Å². The predicted octanol–water partition coefficient (Wildman–Crippen LogP) is 1.53. The number of nitrogens with zero attached hydrogens (tertiary/aromatic N) is 4. The van der Waals surface area contributed by atoms with E-state index in [0.29, 0.717) is 29.4 Å². The molecule has 7 nitrogen and oxygen atoms in total. The van der Waals surface area contributed by atoms with Gasteiger partial charge in [0.25, 0.3) is 0 Å². The maximum Gasteiger partial charge on any atom is 0.188 e. The van der Waals surface area contributed by atoms with E-state index in [1.54, 1.807) is 25.0 Å². The summed E-state index contributed by atoms with van der Waals surface area (Å²) < 4.78 is 12.2. The van der Waals surface area contributed by atoms with Crippen molar-refractivity contribution >= 4 is 5.69 Å². The molecule has 0 radical (unpaired) electrons. The normalized spacial score (nSPS) is 12.3. The van der Waals surface area contributed by atoms with Crippen LogP contribution in [0.3, 0.4) is 0 Å². The molecule has 0 saturated carbocycles. The third kappa shape index (κ3) is 2.72.